The number of ether oxygens (including phenoxy) is 1. The van der Waals surface area contributed by atoms with Gasteiger partial charge in [0.1, 0.15) is 0 Å². The minimum atomic E-state index is -0.668. The zero-order chi connectivity index (χ0) is 26.5. The molecule has 3 aromatic rings. The Morgan fingerprint density at radius 3 is 2.35 bits per heavy atom. The summed E-state index contributed by atoms with van der Waals surface area (Å²) in [6.45, 7) is 1.98. The number of nitrogens with one attached hydrogen (secondary N) is 3. The number of fused-ring (bicyclic) bond motifs is 1. The lowest BCUT2D eigenvalue weighted by molar-refractivity contribution is -0.159. The van der Waals surface area contributed by atoms with Crippen LogP contribution in [0.1, 0.15) is 24.0 Å². The number of hydrogen-bond acceptors (Lipinski definition) is 6. The number of carbonyl (C=O) groups excluding carboxylic acids is 3. The second kappa shape index (κ2) is 14.4. The van der Waals surface area contributed by atoms with E-state index in [0.717, 1.165) is 52.7 Å². The molecule has 0 aliphatic carbocycles. The van der Waals surface area contributed by atoms with Gasteiger partial charge < -0.3 is 20.7 Å². The largest absolute Gasteiger partial charge is 0.466 e. The van der Waals surface area contributed by atoms with Gasteiger partial charge in [-0.2, -0.15) is 0 Å². The van der Waals surface area contributed by atoms with Gasteiger partial charge in [0.05, 0.1) is 12.8 Å². The minimum Gasteiger partial charge on any atom is -0.466 e. The smallest absolute Gasteiger partial charge is 0.330 e. The number of hydrogen-bond donors (Lipinski definition) is 4. The zero-order valence-corrected chi connectivity index (χ0v) is 20.8. The molecule has 0 bridgehead atoms. The second-order valence-corrected chi connectivity index (χ2v) is 8.35. The van der Waals surface area contributed by atoms with Crippen molar-refractivity contribution in [2.75, 3.05) is 25.5 Å². The molecule has 0 unspecified atom stereocenters. The SMILES string of the molecule is COC(=O)/C=C/C(=O)N(O)CCCCNCc1ccc(CNC(=O)Nc2cccc3ccccc23)cc1. The fourth-order valence-electron chi connectivity index (χ4n) is 3.61. The topological polar surface area (TPSA) is 120 Å². The van der Waals surface area contributed by atoms with Crippen molar-refractivity contribution in [2.24, 2.45) is 0 Å². The van der Waals surface area contributed by atoms with E-state index in [1.165, 1.54) is 7.11 Å². The number of unbranched alkanes of at least 4 members (excludes halogenated alkanes) is 1. The number of urea groups is 1. The molecule has 9 nitrogen and oxygen atoms in total. The van der Waals surface area contributed by atoms with Crippen LogP contribution in [0.3, 0.4) is 0 Å². The molecule has 0 radical (unpaired) electrons. The molecular formula is C28H32N4O5. The van der Waals surface area contributed by atoms with E-state index in [1.807, 2.05) is 66.7 Å². The number of nitrogens with zero attached hydrogens (tertiary/aromatic N) is 1. The first kappa shape index (κ1) is 27.4. The highest BCUT2D eigenvalue weighted by atomic mass is 16.5. The first-order chi connectivity index (χ1) is 18.0. The lowest BCUT2D eigenvalue weighted by Gasteiger charge is -2.12. The van der Waals surface area contributed by atoms with E-state index in [4.69, 9.17) is 0 Å². The lowest BCUT2D eigenvalue weighted by Crippen LogP contribution is -2.28. The average Bonchev–Trinajstić information content (AvgIpc) is 2.92. The molecule has 0 atom stereocenters. The van der Waals surface area contributed by atoms with Gasteiger partial charge >= 0.3 is 12.0 Å². The monoisotopic (exact) mass is 504 g/mol. The van der Waals surface area contributed by atoms with Crippen molar-refractivity contribution in [2.45, 2.75) is 25.9 Å². The Morgan fingerprint density at radius 2 is 1.59 bits per heavy atom. The van der Waals surface area contributed by atoms with Crippen LogP contribution >= 0.6 is 0 Å². The van der Waals surface area contributed by atoms with Gasteiger partial charge in [-0.1, -0.05) is 60.7 Å². The molecule has 0 spiro atoms. The molecule has 37 heavy (non-hydrogen) atoms. The van der Waals surface area contributed by atoms with E-state index in [9.17, 15) is 19.6 Å². The molecule has 0 fully saturated rings. The quantitative estimate of drug-likeness (QED) is 0.0974. The third kappa shape index (κ3) is 9.06. The van der Waals surface area contributed by atoms with Crippen LogP contribution in [0.15, 0.2) is 78.9 Å². The molecule has 3 amide bonds. The van der Waals surface area contributed by atoms with E-state index in [1.54, 1.807) is 0 Å². The summed E-state index contributed by atoms with van der Waals surface area (Å²) < 4.78 is 4.40. The highest BCUT2D eigenvalue weighted by Crippen LogP contribution is 2.22. The summed E-state index contributed by atoms with van der Waals surface area (Å²) in [5.41, 5.74) is 2.87. The predicted octanol–water partition coefficient (Wildman–Crippen LogP) is 3.98. The zero-order valence-electron chi connectivity index (χ0n) is 20.8. The molecule has 0 aliphatic heterocycles. The second-order valence-electron chi connectivity index (χ2n) is 8.35. The Hall–Kier alpha value is -4.21. The average molecular weight is 505 g/mol. The Balaban J connectivity index is 1.31. The van der Waals surface area contributed by atoms with E-state index in [2.05, 4.69) is 20.7 Å². The molecule has 0 aliphatic rings. The number of esters is 1. The highest BCUT2D eigenvalue weighted by Gasteiger charge is 2.08. The van der Waals surface area contributed by atoms with E-state index in [0.29, 0.717) is 24.6 Å². The molecule has 0 saturated carbocycles. The van der Waals surface area contributed by atoms with Gasteiger partial charge in [-0.3, -0.25) is 10.0 Å². The number of benzene rings is 3. The van der Waals surface area contributed by atoms with Crippen molar-refractivity contribution in [3.8, 4) is 0 Å². The Bertz CT molecular complexity index is 1220. The molecule has 194 valence electrons. The third-order valence-electron chi connectivity index (χ3n) is 5.63. The molecule has 4 N–H and O–H groups in total. The predicted molar refractivity (Wildman–Crippen MR) is 142 cm³/mol. The van der Waals surface area contributed by atoms with Crippen molar-refractivity contribution in [3.63, 3.8) is 0 Å². The molecule has 0 heterocycles. The van der Waals surface area contributed by atoms with Crippen LogP contribution in [0.4, 0.5) is 10.5 Å². The van der Waals surface area contributed by atoms with Gasteiger partial charge in [0.25, 0.3) is 5.91 Å². The summed E-state index contributed by atoms with van der Waals surface area (Å²) in [4.78, 5) is 35.0. The maximum Gasteiger partial charge on any atom is 0.330 e. The van der Waals surface area contributed by atoms with Crippen LogP contribution in [0.5, 0.6) is 0 Å². The van der Waals surface area contributed by atoms with Gasteiger partial charge in [-0.05, 0) is 42.0 Å². The van der Waals surface area contributed by atoms with Gasteiger partial charge in [-0.25, -0.2) is 14.7 Å². The van der Waals surface area contributed by atoms with Crippen LogP contribution in [-0.4, -0.2) is 48.4 Å². The molecule has 0 saturated heterocycles. The number of rotatable bonds is 12. The van der Waals surface area contributed by atoms with Crippen LogP contribution in [0.25, 0.3) is 10.8 Å². The van der Waals surface area contributed by atoms with E-state index in [-0.39, 0.29) is 12.6 Å². The van der Waals surface area contributed by atoms with Crippen LogP contribution in [-0.2, 0) is 27.4 Å². The van der Waals surface area contributed by atoms with Gasteiger partial charge in [0.2, 0.25) is 0 Å². The molecule has 3 aromatic carbocycles. The Labute approximate surface area is 216 Å². The van der Waals surface area contributed by atoms with E-state index < -0.39 is 11.9 Å². The van der Waals surface area contributed by atoms with Crippen LogP contribution < -0.4 is 16.0 Å². The van der Waals surface area contributed by atoms with Crippen molar-refractivity contribution in [1.82, 2.24) is 15.7 Å². The van der Waals surface area contributed by atoms with Crippen molar-refractivity contribution in [3.05, 3.63) is 90.0 Å². The maximum atomic E-state index is 12.4. The standard InChI is InChI=1S/C28H32N4O5/c1-37-27(34)16-15-26(33)32(36)18-5-4-17-29-19-21-11-13-22(14-12-21)20-30-28(35)31-25-10-6-8-23-7-2-3-9-24(23)25/h2-3,6-16,29,36H,4-5,17-20H2,1H3,(H2,30,31,35)/b16-15+. The minimum absolute atomic E-state index is 0.168. The Morgan fingerprint density at radius 1 is 0.892 bits per heavy atom. The van der Waals surface area contributed by atoms with Crippen molar-refractivity contribution in [1.29, 1.82) is 0 Å². The summed E-state index contributed by atoms with van der Waals surface area (Å²) in [5, 5.41) is 21.5. The van der Waals surface area contributed by atoms with E-state index >= 15 is 0 Å². The number of methoxy groups -OCH3 is 1. The van der Waals surface area contributed by atoms with Crippen molar-refractivity contribution < 1.29 is 24.3 Å². The Kier molecular flexibility index (Phi) is 10.6. The van der Waals surface area contributed by atoms with Gasteiger partial charge in [0.15, 0.2) is 0 Å². The van der Waals surface area contributed by atoms with Gasteiger partial charge in [0, 0.05) is 37.2 Å². The maximum absolute atomic E-state index is 12.4. The number of amides is 3. The highest BCUT2D eigenvalue weighted by molar-refractivity contribution is 6.01. The fraction of sp³-hybridized carbons (Fsp3) is 0.250. The fourth-order valence-corrected chi connectivity index (χ4v) is 3.61. The lowest BCUT2D eigenvalue weighted by atomic mass is 10.1. The van der Waals surface area contributed by atoms with Crippen LogP contribution in [0, 0.1) is 0 Å². The summed E-state index contributed by atoms with van der Waals surface area (Å²) in [6.07, 6.45) is 3.31. The summed E-state index contributed by atoms with van der Waals surface area (Å²) in [5.74, 6) is -1.32. The summed E-state index contributed by atoms with van der Waals surface area (Å²) >= 11 is 0. The normalized spacial score (nSPS) is 10.9. The first-order valence-corrected chi connectivity index (χ1v) is 12.0. The van der Waals surface area contributed by atoms with Gasteiger partial charge in [-0.15, -0.1) is 0 Å². The first-order valence-electron chi connectivity index (χ1n) is 12.0. The third-order valence-corrected chi connectivity index (χ3v) is 5.63. The number of hydroxylamine groups is 2. The molecule has 3 rings (SSSR count). The number of anilines is 1. The summed E-state index contributed by atoms with van der Waals surface area (Å²) in [7, 11) is 1.21. The van der Waals surface area contributed by atoms with Crippen LogP contribution in [0.2, 0.25) is 0 Å². The molecular weight excluding hydrogens is 472 g/mol. The number of carbonyl (C=O) groups is 3. The summed E-state index contributed by atoms with van der Waals surface area (Å²) in [6, 6.07) is 21.4. The molecule has 9 heteroatoms. The van der Waals surface area contributed by atoms with Crippen molar-refractivity contribution >= 4 is 34.4 Å². The molecule has 0 aromatic heterocycles.